The Morgan fingerprint density at radius 2 is 2.09 bits per heavy atom. The third-order valence-electron chi connectivity index (χ3n) is 3.61. The zero-order chi connectivity index (χ0) is 15.5. The lowest BCUT2D eigenvalue weighted by atomic mass is 10.0. The second-order valence-electron chi connectivity index (χ2n) is 5.17. The highest BCUT2D eigenvalue weighted by molar-refractivity contribution is 5.87. The summed E-state index contributed by atoms with van der Waals surface area (Å²) in [5.41, 5.74) is 3.55. The standard InChI is InChI=1S/C17H18FN3O/c1-11-14-9-12(3-5-16(14)21-20-11)15-10-13(18)4-6-17(15)22-8-7-19-2/h3-6,9-10,19H,7-8H2,1-2H3,(H,20,21). The molecule has 1 aromatic heterocycles. The highest BCUT2D eigenvalue weighted by Crippen LogP contribution is 2.33. The third kappa shape index (κ3) is 2.80. The van der Waals surface area contributed by atoms with Crippen molar-refractivity contribution < 1.29 is 9.13 Å². The quantitative estimate of drug-likeness (QED) is 0.711. The van der Waals surface area contributed by atoms with Gasteiger partial charge in [0.25, 0.3) is 0 Å². The van der Waals surface area contributed by atoms with E-state index < -0.39 is 0 Å². The van der Waals surface area contributed by atoms with Crippen molar-refractivity contribution in [1.82, 2.24) is 15.5 Å². The van der Waals surface area contributed by atoms with Crippen molar-refractivity contribution in [3.05, 3.63) is 47.9 Å². The summed E-state index contributed by atoms with van der Waals surface area (Å²) in [4.78, 5) is 0. The van der Waals surface area contributed by atoms with Crippen molar-refractivity contribution in [2.75, 3.05) is 20.2 Å². The van der Waals surface area contributed by atoms with Crippen LogP contribution in [0.5, 0.6) is 5.75 Å². The van der Waals surface area contributed by atoms with Crippen LogP contribution >= 0.6 is 0 Å². The maximum absolute atomic E-state index is 13.7. The van der Waals surface area contributed by atoms with Gasteiger partial charge in [-0.1, -0.05) is 6.07 Å². The number of hydrogen-bond acceptors (Lipinski definition) is 3. The van der Waals surface area contributed by atoms with Crippen molar-refractivity contribution in [1.29, 1.82) is 0 Å². The Hall–Kier alpha value is -2.40. The minimum atomic E-state index is -0.278. The molecule has 0 amide bonds. The molecule has 0 aliphatic rings. The van der Waals surface area contributed by atoms with Crippen LogP contribution in [-0.4, -0.2) is 30.4 Å². The zero-order valence-corrected chi connectivity index (χ0v) is 12.6. The van der Waals surface area contributed by atoms with Crippen LogP contribution in [0.3, 0.4) is 0 Å². The van der Waals surface area contributed by atoms with Gasteiger partial charge >= 0.3 is 0 Å². The SMILES string of the molecule is CNCCOc1ccc(F)cc1-c1ccc2n[nH]c(C)c2c1. The number of halogens is 1. The Kier molecular flexibility index (Phi) is 4.06. The number of hydrogen-bond donors (Lipinski definition) is 2. The number of nitrogens with zero attached hydrogens (tertiary/aromatic N) is 1. The summed E-state index contributed by atoms with van der Waals surface area (Å²) in [7, 11) is 1.87. The number of ether oxygens (including phenoxy) is 1. The number of aromatic amines is 1. The first-order valence-electron chi connectivity index (χ1n) is 7.21. The molecule has 0 saturated carbocycles. The fourth-order valence-electron chi connectivity index (χ4n) is 2.42. The van der Waals surface area contributed by atoms with E-state index in [1.807, 2.05) is 32.2 Å². The molecule has 4 nitrogen and oxygen atoms in total. The Labute approximate surface area is 128 Å². The summed E-state index contributed by atoms with van der Waals surface area (Å²) >= 11 is 0. The van der Waals surface area contributed by atoms with Crippen LogP contribution in [0.15, 0.2) is 36.4 Å². The zero-order valence-electron chi connectivity index (χ0n) is 12.6. The maximum Gasteiger partial charge on any atom is 0.127 e. The molecule has 0 fully saturated rings. The molecular weight excluding hydrogens is 281 g/mol. The summed E-state index contributed by atoms with van der Waals surface area (Å²) in [6.45, 7) is 3.23. The van der Waals surface area contributed by atoms with Gasteiger partial charge < -0.3 is 10.1 Å². The van der Waals surface area contributed by atoms with Gasteiger partial charge in [0, 0.05) is 23.2 Å². The Morgan fingerprint density at radius 1 is 1.23 bits per heavy atom. The predicted molar refractivity (Wildman–Crippen MR) is 85.6 cm³/mol. The highest BCUT2D eigenvalue weighted by Gasteiger charge is 2.10. The van der Waals surface area contributed by atoms with Crippen molar-refractivity contribution in [2.45, 2.75) is 6.92 Å². The van der Waals surface area contributed by atoms with Crippen LogP contribution < -0.4 is 10.1 Å². The lowest BCUT2D eigenvalue weighted by molar-refractivity contribution is 0.319. The van der Waals surface area contributed by atoms with Crippen LogP contribution in [0.1, 0.15) is 5.69 Å². The second kappa shape index (κ2) is 6.15. The molecular formula is C17H18FN3O. The highest BCUT2D eigenvalue weighted by atomic mass is 19.1. The average molecular weight is 299 g/mol. The lowest BCUT2D eigenvalue weighted by Crippen LogP contribution is -2.16. The monoisotopic (exact) mass is 299 g/mol. The van der Waals surface area contributed by atoms with Gasteiger partial charge in [-0.15, -0.1) is 0 Å². The smallest absolute Gasteiger partial charge is 0.127 e. The summed E-state index contributed by atoms with van der Waals surface area (Å²) in [6, 6.07) is 10.5. The molecule has 2 N–H and O–H groups in total. The van der Waals surface area contributed by atoms with E-state index in [0.29, 0.717) is 12.4 Å². The van der Waals surface area contributed by atoms with Gasteiger partial charge in [0.2, 0.25) is 0 Å². The maximum atomic E-state index is 13.7. The van der Waals surface area contributed by atoms with E-state index in [-0.39, 0.29) is 5.82 Å². The summed E-state index contributed by atoms with van der Waals surface area (Å²) in [6.07, 6.45) is 0. The molecule has 1 heterocycles. The molecule has 22 heavy (non-hydrogen) atoms. The molecule has 3 aromatic rings. The van der Waals surface area contributed by atoms with Crippen LogP contribution in [-0.2, 0) is 0 Å². The Bertz CT molecular complexity index is 798. The summed E-state index contributed by atoms with van der Waals surface area (Å²) in [5.74, 6) is 0.400. The number of H-pyrrole nitrogens is 1. The topological polar surface area (TPSA) is 49.9 Å². The van der Waals surface area contributed by atoms with Gasteiger partial charge in [-0.3, -0.25) is 5.10 Å². The molecule has 0 radical (unpaired) electrons. The Morgan fingerprint density at radius 3 is 2.91 bits per heavy atom. The van der Waals surface area contributed by atoms with E-state index in [0.717, 1.165) is 34.3 Å². The van der Waals surface area contributed by atoms with E-state index in [1.165, 1.54) is 12.1 Å². The molecule has 0 saturated heterocycles. The summed E-state index contributed by atoms with van der Waals surface area (Å²) < 4.78 is 19.4. The van der Waals surface area contributed by atoms with Crippen LogP contribution in [0.25, 0.3) is 22.0 Å². The normalized spacial score (nSPS) is 11.0. The number of fused-ring (bicyclic) bond motifs is 1. The van der Waals surface area contributed by atoms with E-state index in [9.17, 15) is 4.39 Å². The molecule has 5 heteroatoms. The molecule has 0 bridgehead atoms. The number of nitrogens with one attached hydrogen (secondary N) is 2. The summed E-state index contributed by atoms with van der Waals surface area (Å²) in [5, 5.41) is 11.2. The van der Waals surface area contributed by atoms with Crippen LogP contribution in [0, 0.1) is 12.7 Å². The predicted octanol–water partition coefficient (Wildman–Crippen LogP) is 3.28. The van der Waals surface area contributed by atoms with Gasteiger partial charge in [0.1, 0.15) is 18.2 Å². The lowest BCUT2D eigenvalue weighted by Gasteiger charge is -2.12. The molecule has 3 rings (SSSR count). The first-order chi connectivity index (χ1) is 10.7. The van der Waals surface area contributed by atoms with Crippen molar-refractivity contribution in [3.8, 4) is 16.9 Å². The van der Waals surface area contributed by atoms with Crippen molar-refractivity contribution in [2.24, 2.45) is 0 Å². The van der Waals surface area contributed by atoms with E-state index in [4.69, 9.17) is 4.74 Å². The third-order valence-corrected chi connectivity index (χ3v) is 3.61. The fraction of sp³-hybridized carbons (Fsp3) is 0.235. The largest absolute Gasteiger partial charge is 0.492 e. The van der Waals surface area contributed by atoms with E-state index in [1.54, 1.807) is 6.07 Å². The van der Waals surface area contributed by atoms with Gasteiger partial charge in [0.05, 0.1) is 5.52 Å². The minimum Gasteiger partial charge on any atom is -0.492 e. The number of likely N-dealkylation sites (N-methyl/N-ethyl adjacent to an activating group) is 1. The van der Waals surface area contributed by atoms with Crippen molar-refractivity contribution >= 4 is 10.9 Å². The number of rotatable bonds is 5. The molecule has 2 aromatic carbocycles. The van der Waals surface area contributed by atoms with Crippen LogP contribution in [0.4, 0.5) is 4.39 Å². The van der Waals surface area contributed by atoms with Crippen LogP contribution in [0.2, 0.25) is 0 Å². The second-order valence-corrected chi connectivity index (χ2v) is 5.17. The first-order valence-corrected chi connectivity index (χ1v) is 7.21. The Balaban J connectivity index is 2.03. The molecule has 0 aliphatic carbocycles. The molecule has 0 atom stereocenters. The minimum absolute atomic E-state index is 0.278. The van der Waals surface area contributed by atoms with Gasteiger partial charge in [-0.05, 0) is 49.9 Å². The van der Waals surface area contributed by atoms with E-state index in [2.05, 4.69) is 15.5 Å². The molecule has 114 valence electrons. The van der Waals surface area contributed by atoms with E-state index >= 15 is 0 Å². The first kappa shape index (κ1) is 14.5. The number of benzene rings is 2. The van der Waals surface area contributed by atoms with Crippen molar-refractivity contribution in [3.63, 3.8) is 0 Å². The number of aromatic nitrogens is 2. The van der Waals surface area contributed by atoms with Gasteiger partial charge in [-0.25, -0.2) is 4.39 Å². The van der Waals surface area contributed by atoms with Gasteiger partial charge in [0.15, 0.2) is 0 Å². The fourth-order valence-corrected chi connectivity index (χ4v) is 2.42. The molecule has 0 spiro atoms. The number of aryl methyl sites for hydroxylation is 1. The van der Waals surface area contributed by atoms with Gasteiger partial charge in [-0.2, -0.15) is 5.10 Å². The molecule has 0 unspecified atom stereocenters. The average Bonchev–Trinajstić information content (AvgIpc) is 2.90. The molecule has 0 aliphatic heterocycles.